The van der Waals surface area contributed by atoms with E-state index in [4.69, 9.17) is 0 Å². The van der Waals surface area contributed by atoms with Crippen molar-refractivity contribution in [3.05, 3.63) is 29.3 Å². The average molecular weight is 367 g/mol. The van der Waals surface area contributed by atoms with E-state index in [1.165, 1.54) is 6.07 Å². The molecule has 0 saturated carbocycles. The number of nitrogens with zero attached hydrogens (tertiary/aromatic N) is 2. The van der Waals surface area contributed by atoms with Crippen LogP contribution in [0, 0.1) is 0 Å². The lowest BCUT2D eigenvalue weighted by molar-refractivity contribution is -0.138. The zero-order valence-corrected chi connectivity index (χ0v) is 14.4. The highest BCUT2D eigenvalue weighted by molar-refractivity contribution is 9.08. The Morgan fingerprint density at radius 2 is 1.86 bits per heavy atom. The van der Waals surface area contributed by atoms with Gasteiger partial charge in [-0.25, -0.2) is 0 Å². The zero-order valence-electron chi connectivity index (χ0n) is 12.8. The molecule has 1 unspecified atom stereocenters. The largest absolute Gasteiger partial charge is 0.416 e. The van der Waals surface area contributed by atoms with Crippen LogP contribution in [0.4, 0.5) is 18.9 Å². The highest BCUT2D eigenvalue weighted by Gasteiger charge is 2.33. The maximum Gasteiger partial charge on any atom is 0.416 e. The van der Waals surface area contributed by atoms with Crippen molar-refractivity contribution < 1.29 is 13.2 Å². The van der Waals surface area contributed by atoms with Crippen LogP contribution in [0.2, 0.25) is 0 Å². The molecule has 1 rings (SSSR count). The van der Waals surface area contributed by atoms with Crippen molar-refractivity contribution in [3.8, 4) is 0 Å². The topological polar surface area (TPSA) is 6.48 Å². The predicted octanol–water partition coefficient (Wildman–Crippen LogP) is 4.38. The number of halogens is 4. The minimum absolute atomic E-state index is 0.140. The first kappa shape index (κ1) is 18.3. The van der Waals surface area contributed by atoms with Crippen molar-refractivity contribution >= 4 is 21.6 Å². The second kappa shape index (κ2) is 7.49. The summed E-state index contributed by atoms with van der Waals surface area (Å²) in [6.45, 7) is 5.43. The molecule has 0 radical (unpaired) electrons. The van der Waals surface area contributed by atoms with Crippen LogP contribution in [0.5, 0.6) is 0 Å². The van der Waals surface area contributed by atoms with Gasteiger partial charge >= 0.3 is 6.18 Å². The molecular formula is C15H22BrF3N2. The molecule has 0 aliphatic carbocycles. The molecule has 0 aliphatic heterocycles. The van der Waals surface area contributed by atoms with Crippen molar-refractivity contribution in [2.75, 3.05) is 32.1 Å². The lowest BCUT2D eigenvalue weighted by atomic mass is 10.1. The minimum Gasteiger partial charge on any atom is -0.368 e. The van der Waals surface area contributed by atoms with Gasteiger partial charge in [0.05, 0.1) is 5.56 Å². The van der Waals surface area contributed by atoms with Crippen molar-refractivity contribution in [1.82, 2.24) is 4.90 Å². The summed E-state index contributed by atoms with van der Waals surface area (Å²) in [5.41, 5.74) is 0.318. The van der Waals surface area contributed by atoms with Gasteiger partial charge in [-0.3, -0.25) is 0 Å². The number of anilines is 1. The quantitative estimate of drug-likeness (QED) is 0.689. The van der Waals surface area contributed by atoms with Crippen LogP contribution in [0.3, 0.4) is 0 Å². The summed E-state index contributed by atoms with van der Waals surface area (Å²) in [5, 5.41) is 0.196. The number of hydrogen-bond donors (Lipinski definition) is 0. The molecule has 21 heavy (non-hydrogen) atoms. The number of likely N-dealkylation sites (N-methyl/N-ethyl adjacent to an activating group) is 2. The van der Waals surface area contributed by atoms with Gasteiger partial charge in [-0.05, 0) is 45.6 Å². The molecular weight excluding hydrogens is 345 g/mol. The van der Waals surface area contributed by atoms with E-state index in [2.05, 4.69) is 15.9 Å². The minimum atomic E-state index is -4.33. The van der Waals surface area contributed by atoms with Gasteiger partial charge in [0.1, 0.15) is 0 Å². The van der Waals surface area contributed by atoms with E-state index < -0.39 is 11.7 Å². The van der Waals surface area contributed by atoms with Crippen molar-refractivity contribution in [3.63, 3.8) is 0 Å². The normalized spacial score (nSPS) is 13.6. The van der Waals surface area contributed by atoms with Crippen LogP contribution in [0.15, 0.2) is 18.2 Å². The fourth-order valence-electron chi connectivity index (χ4n) is 2.50. The summed E-state index contributed by atoms with van der Waals surface area (Å²) in [5.74, 6) is 0. The van der Waals surface area contributed by atoms with E-state index >= 15 is 0 Å². The first-order valence-corrected chi connectivity index (χ1v) is 8.00. The lowest BCUT2D eigenvalue weighted by Gasteiger charge is -2.32. The van der Waals surface area contributed by atoms with Gasteiger partial charge in [0, 0.05) is 30.1 Å². The SMILES string of the molecule is CCN(c1ccc(CBr)c(C(F)(F)F)c1)C(C)CN(C)C. The van der Waals surface area contributed by atoms with E-state index in [0.29, 0.717) is 12.2 Å². The number of benzene rings is 1. The van der Waals surface area contributed by atoms with Gasteiger partial charge in [-0.1, -0.05) is 22.0 Å². The summed E-state index contributed by atoms with van der Waals surface area (Å²) < 4.78 is 39.4. The Morgan fingerprint density at radius 3 is 2.29 bits per heavy atom. The van der Waals surface area contributed by atoms with Gasteiger partial charge in [-0.2, -0.15) is 13.2 Å². The molecule has 120 valence electrons. The van der Waals surface area contributed by atoms with Gasteiger partial charge in [0.25, 0.3) is 0 Å². The molecule has 0 saturated heterocycles. The maximum atomic E-state index is 13.1. The second-order valence-corrected chi connectivity index (χ2v) is 5.93. The lowest BCUT2D eigenvalue weighted by Crippen LogP contribution is -2.40. The van der Waals surface area contributed by atoms with Crippen molar-refractivity contribution in [1.29, 1.82) is 0 Å². The average Bonchev–Trinajstić information content (AvgIpc) is 2.37. The van der Waals surface area contributed by atoms with Gasteiger partial charge < -0.3 is 9.80 Å². The molecule has 0 bridgehead atoms. The van der Waals surface area contributed by atoms with Gasteiger partial charge in [0.15, 0.2) is 0 Å². The Hall–Kier alpha value is -0.750. The Kier molecular flexibility index (Phi) is 6.53. The van der Waals surface area contributed by atoms with Crippen LogP contribution < -0.4 is 4.90 Å². The van der Waals surface area contributed by atoms with Crippen molar-refractivity contribution in [2.45, 2.75) is 31.4 Å². The van der Waals surface area contributed by atoms with E-state index in [1.807, 2.05) is 37.7 Å². The highest BCUT2D eigenvalue weighted by atomic mass is 79.9. The Bertz CT molecular complexity index is 461. The first-order valence-electron chi connectivity index (χ1n) is 6.88. The third-order valence-electron chi connectivity index (χ3n) is 3.38. The molecule has 0 N–H and O–H groups in total. The third-order valence-corrected chi connectivity index (χ3v) is 3.98. The predicted molar refractivity (Wildman–Crippen MR) is 85.1 cm³/mol. The van der Waals surface area contributed by atoms with Crippen molar-refractivity contribution in [2.24, 2.45) is 0 Å². The Morgan fingerprint density at radius 1 is 1.24 bits per heavy atom. The molecule has 0 aliphatic rings. The monoisotopic (exact) mass is 366 g/mol. The first-order chi connectivity index (χ1) is 9.70. The Labute approximate surface area is 133 Å². The van der Waals surface area contributed by atoms with Crippen LogP contribution in [0.1, 0.15) is 25.0 Å². The van der Waals surface area contributed by atoms with E-state index in [-0.39, 0.29) is 16.9 Å². The van der Waals surface area contributed by atoms with Crippen LogP contribution in [-0.4, -0.2) is 38.1 Å². The van der Waals surface area contributed by atoms with E-state index in [1.54, 1.807) is 12.1 Å². The molecule has 0 fully saturated rings. The summed E-state index contributed by atoms with van der Waals surface area (Å²) in [7, 11) is 3.92. The molecule has 1 aromatic carbocycles. The van der Waals surface area contributed by atoms with E-state index in [0.717, 1.165) is 6.54 Å². The number of hydrogen-bond acceptors (Lipinski definition) is 2. The van der Waals surface area contributed by atoms with Crippen LogP contribution >= 0.6 is 15.9 Å². The molecule has 1 aromatic rings. The number of rotatable bonds is 6. The summed E-state index contributed by atoms with van der Waals surface area (Å²) in [6.07, 6.45) is -4.33. The molecule has 0 spiro atoms. The third kappa shape index (κ3) is 4.88. The number of alkyl halides is 4. The maximum absolute atomic E-state index is 13.1. The fourth-order valence-corrected chi connectivity index (χ4v) is 2.99. The molecule has 0 amide bonds. The van der Waals surface area contributed by atoms with E-state index in [9.17, 15) is 13.2 Å². The molecule has 6 heteroatoms. The fraction of sp³-hybridized carbons (Fsp3) is 0.600. The van der Waals surface area contributed by atoms with Crippen LogP contribution in [0.25, 0.3) is 0 Å². The standard InChI is InChI=1S/C15H22BrF3N2/c1-5-21(11(2)10-20(3)4)13-7-6-12(9-16)14(8-13)15(17,18)19/h6-8,11H,5,9-10H2,1-4H3. The second-order valence-electron chi connectivity index (χ2n) is 5.37. The molecule has 0 heterocycles. The molecule has 1 atom stereocenters. The summed E-state index contributed by atoms with van der Waals surface area (Å²) in [4.78, 5) is 4.03. The molecule has 0 aromatic heterocycles. The summed E-state index contributed by atoms with van der Waals surface area (Å²) in [6, 6.07) is 4.71. The summed E-state index contributed by atoms with van der Waals surface area (Å²) >= 11 is 3.12. The Balaban J connectivity index is 3.17. The van der Waals surface area contributed by atoms with Gasteiger partial charge in [0.2, 0.25) is 0 Å². The zero-order chi connectivity index (χ0) is 16.2. The molecule has 2 nitrogen and oxygen atoms in total. The smallest absolute Gasteiger partial charge is 0.368 e. The highest BCUT2D eigenvalue weighted by Crippen LogP contribution is 2.35. The van der Waals surface area contributed by atoms with Gasteiger partial charge in [-0.15, -0.1) is 0 Å². The van der Waals surface area contributed by atoms with Crippen LogP contribution in [-0.2, 0) is 11.5 Å².